The first-order chi connectivity index (χ1) is 7.25. The molecule has 1 saturated heterocycles. The highest BCUT2D eigenvalue weighted by molar-refractivity contribution is 6.01. The van der Waals surface area contributed by atoms with Crippen LogP contribution in [0.4, 0.5) is 0 Å². The van der Waals surface area contributed by atoms with Crippen molar-refractivity contribution in [3.63, 3.8) is 0 Å². The normalized spacial score (nSPS) is 19.8. The number of ether oxygens (including phenoxy) is 1. The molecule has 0 aromatic heterocycles. The molecule has 0 aromatic rings. The summed E-state index contributed by atoms with van der Waals surface area (Å²) in [6.07, 6.45) is 0. The fourth-order valence-corrected chi connectivity index (χ4v) is 1.66. The molecule has 2 amide bonds. The number of nitrogens with zero attached hydrogens (tertiary/aromatic N) is 1. The Labute approximate surface area is 93.2 Å². The Hall–Kier alpha value is -1.43. The predicted molar refractivity (Wildman–Crippen MR) is 53.6 cm³/mol. The van der Waals surface area contributed by atoms with E-state index in [-0.39, 0.29) is 13.2 Å². The van der Waals surface area contributed by atoms with E-state index in [1.807, 2.05) is 0 Å². The van der Waals surface area contributed by atoms with E-state index >= 15 is 0 Å². The molecule has 1 rings (SSSR count). The molecule has 1 aliphatic rings. The number of carboxylic acids is 1. The monoisotopic (exact) mass is 229 g/mol. The van der Waals surface area contributed by atoms with E-state index in [1.165, 1.54) is 0 Å². The number of hydrogen-bond donors (Lipinski definition) is 1. The van der Waals surface area contributed by atoms with E-state index in [2.05, 4.69) is 0 Å². The van der Waals surface area contributed by atoms with E-state index in [9.17, 15) is 14.4 Å². The Morgan fingerprint density at radius 3 is 2.06 bits per heavy atom. The van der Waals surface area contributed by atoms with Crippen LogP contribution in [0, 0.1) is 5.41 Å². The fourth-order valence-electron chi connectivity index (χ4n) is 1.66. The number of amides is 2. The van der Waals surface area contributed by atoms with Gasteiger partial charge in [-0.15, -0.1) is 0 Å². The SMILES string of the molecule is CC(C)(C)C(C(=O)O)N1C(=O)COCC1=O. The zero-order valence-corrected chi connectivity index (χ0v) is 9.52. The number of carbonyl (C=O) groups is 3. The molecule has 1 atom stereocenters. The van der Waals surface area contributed by atoms with Crippen LogP contribution in [-0.2, 0) is 19.1 Å². The Balaban J connectivity index is 3.06. The van der Waals surface area contributed by atoms with E-state index in [1.54, 1.807) is 20.8 Å². The molecule has 0 aliphatic carbocycles. The van der Waals surface area contributed by atoms with Crippen LogP contribution in [0.3, 0.4) is 0 Å². The van der Waals surface area contributed by atoms with Gasteiger partial charge in [0, 0.05) is 0 Å². The average Bonchev–Trinajstić information content (AvgIpc) is 2.08. The minimum atomic E-state index is -1.18. The molecule has 0 bridgehead atoms. The molecule has 90 valence electrons. The second-order valence-corrected chi connectivity index (χ2v) is 4.76. The van der Waals surface area contributed by atoms with Gasteiger partial charge in [0.15, 0.2) is 0 Å². The summed E-state index contributed by atoms with van der Waals surface area (Å²) < 4.78 is 4.73. The Bertz CT molecular complexity index is 315. The van der Waals surface area contributed by atoms with Gasteiger partial charge in [0.25, 0.3) is 11.8 Å². The van der Waals surface area contributed by atoms with E-state index in [0.29, 0.717) is 0 Å². The van der Waals surface area contributed by atoms with Gasteiger partial charge >= 0.3 is 5.97 Å². The lowest BCUT2D eigenvalue weighted by atomic mass is 9.85. The Morgan fingerprint density at radius 1 is 1.31 bits per heavy atom. The second kappa shape index (κ2) is 4.21. The van der Waals surface area contributed by atoms with Crippen LogP contribution in [-0.4, -0.2) is 47.0 Å². The molecule has 0 saturated carbocycles. The summed E-state index contributed by atoms with van der Waals surface area (Å²) in [6.45, 7) is 4.52. The lowest BCUT2D eigenvalue weighted by Gasteiger charge is -2.37. The summed E-state index contributed by atoms with van der Waals surface area (Å²) in [5.74, 6) is -2.38. The summed E-state index contributed by atoms with van der Waals surface area (Å²) >= 11 is 0. The van der Waals surface area contributed by atoms with Crippen molar-refractivity contribution in [3.05, 3.63) is 0 Å². The van der Waals surface area contributed by atoms with Gasteiger partial charge in [0.1, 0.15) is 19.3 Å². The minimum Gasteiger partial charge on any atom is -0.480 e. The lowest BCUT2D eigenvalue weighted by Crippen LogP contribution is -2.58. The molecule has 1 unspecified atom stereocenters. The van der Waals surface area contributed by atoms with Crippen molar-refractivity contribution in [2.24, 2.45) is 5.41 Å². The molecule has 16 heavy (non-hydrogen) atoms. The van der Waals surface area contributed by atoms with Gasteiger partial charge in [-0.25, -0.2) is 4.79 Å². The molecule has 1 fully saturated rings. The largest absolute Gasteiger partial charge is 0.480 e. The van der Waals surface area contributed by atoms with E-state index in [4.69, 9.17) is 9.84 Å². The molecule has 6 nitrogen and oxygen atoms in total. The quantitative estimate of drug-likeness (QED) is 0.667. The lowest BCUT2D eigenvalue weighted by molar-refractivity contribution is -0.172. The number of aliphatic carboxylic acids is 1. The van der Waals surface area contributed by atoms with Gasteiger partial charge in [0.05, 0.1) is 0 Å². The van der Waals surface area contributed by atoms with Crippen molar-refractivity contribution in [2.75, 3.05) is 13.2 Å². The van der Waals surface area contributed by atoms with Gasteiger partial charge in [-0.3, -0.25) is 14.5 Å². The highest BCUT2D eigenvalue weighted by atomic mass is 16.5. The maximum atomic E-state index is 11.5. The number of morpholine rings is 1. The Morgan fingerprint density at radius 2 is 1.75 bits per heavy atom. The smallest absolute Gasteiger partial charge is 0.327 e. The van der Waals surface area contributed by atoms with Gasteiger partial charge in [-0.2, -0.15) is 0 Å². The number of carbonyl (C=O) groups excluding carboxylic acids is 2. The third-order valence-corrected chi connectivity index (χ3v) is 2.30. The number of imide groups is 1. The van der Waals surface area contributed by atoms with Crippen molar-refractivity contribution in [2.45, 2.75) is 26.8 Å². The summed E-state index contributed by atoms with van der Waals surface area (Å²) in [5, 5.41) is 9.11. The molecule has 0 spiro atoms. The molecule has 0 aromatic carbocycles. The third kappa shape index (κ3) is 2.38. The molecule has 1 aliphatic heterocycles. The van der Waals surface area contributed by atoms with Crippen LogP contribution in [0.15, 0.2) is 0 Å². The van der Waals surface area contributed by atoms with Crippen LogP contribution in [0.2, 0.25) is 0 Å². The highest BCUT2D eigenvalue weighted by Gasteiger charge is 2.43. The molecule has 0 radical (unpaired) electrons. The molecule has 1 heterocycles. The van der Waals surface area contributed by atoms with Crippen LogP contribution in [0.5, 0.6) is 0 Å². The topological polar surface area (TPSA) is 83.9 Å². The van der Waals surface area contributed by atoms with Crippen molar-refractivity contribution in [1.82, 2.24) is 4.90 Å². The van der Waals surface area contributed by atoms with Crippen LogP contribution in [0.25, 0.3) is 0 Å². The van der Waals surface area contributed by atoms with Gasteiger partial charge < -0.3 is 9.84 Å². The van der Waals surface area contributed by atoms with Gasteiger partial charge in [0.2, 0.25) is 0 Å². The van der Waals surface area contributed by atoms with Crippen molar-refractivity contribution >= 4 is 17.8 Å². The first kappa shape index (κ1) is 12.6. The van der Waals surface area contributed by atoms with Crippen molar-refractivity contribution in [1.29, 1.82) is 0 Å². The first-order valence-electron chi connectivity index (χ1n) is 4.90. The standard InChI is InChI=1S/C10H15NO5/c1-10(2,3)8(9(14)15)11-6(12)4-16-5-7(11)13/h8H,4-5H2,1-3H3,(H,14,15). The summed E-state index contributed by atoms with van der Waals surface area (Å²) in [7, 11) is 0. The van der Waals surface area contributed by atoms with Crippen LogP contribution < -0.4 is 0 Å². The molecular formula is C10H15NO5. The fraction of sp³-hybridized carbons (Fsp3) is 0.700. The maximum Gasteiger partial charge on any atom is 0.327 e. The first-order valence-corrected chi connectivity index (χ1v) is 4.90. The summed E-state index contributed by atoms with van der Waals surface area (Å²) in [5.41, 5.74) is -0.714. The zero-order valence-electron chi connectivity index (χ0n) is 9.52. The number of carboxylic acid groups (broad SMARTS) is 1. The zero-order chi connectivity index (χ0) is 12.5. The number of hydrogen-bond acceptors (Lipinski definition) is 4. The van der Waals surface area contributed by atoms with Gasteiger partial charge in [-0.05, 0) is 5.41 Å². The molecule has 6 heteroatoms. The molecule has 1 N–H and O–H groups in total. The van der Waals surface area contributed by atoms with Crippen LogP contribution >= 0.6 is 0 Å². The number of rotatable bonds is 2. The summed E-state index contributed by atoms with van der Waals surface area (Å²) in [4.78, 5) is 35.0. The Kier molecular flexibility index (Phi) is 3.32. The second-order valence-electron chi connectivity index (χ2n) is 4.76. The van der Waals surface area contributed by atoms with Crippen molar-refractivity contribution in [3.8, 4) is 0 Å². The third-order valence-electron chi connectivity index (χ3n) is 2.30. The predicted octanol–water partition coefficient (Wildman–Crippen LogP) is -0.129. The minimum absolute atomic E-state index is 0.244. The highest BCUT2D eigenvalue weighted by Crippen LogP contribution is 2.26. The summed E-state index contributed by atoms with van der Waals surface area (Å²) in [6, 6.07) is -1.16. The van der Waals surface area contributed by atoms with Crippen LogP contribution in [0.1, 0.15) is 20.8 Å². The maximum absolute atomic E-state index is 11.5. The van der Waals surface area contributed by atoms with Crippen molar-refractivity contribution < 1.29 is 24.2 Å². The van der Waals surface area contributed by atoms with E-state index < -0.39 is 29.2 Å². The van der Waals surface area contributed by atoms with E-state index in [0.717, 1.165) is 4.90 Å². The molecular weight excluding hydrogens is 214 g/mol. The van der Waals surface area contributed by atoms with Gasteiger partial charge in [-0.1, -0.05) is 20.8 Å². The average molecular weight is 229 g/mol.